The van der Waals surface area contributed by atoms with Crippen LogP contribution in [0.5, 0.6) is 0 Å². The predicted molar refractivity (Wildman–Crippen MR) is 58.1 cm³/mol. The minimum Gasteiger partial charge on any atom is -0.351 e. The number of hydrogen-bond donors (Lipinski definition) is 0. The summed E-state index contributed by atoms with van der Waals surface area (Å²) in [5.74, 6) is 0. The van der Waals surface area contributed by atoms with Crippen molar-refractivity contribution in [2.24, 2.45) is 7.05 Å². The van der Waals surface area contributed by atoms with Crippen molar-refractivity contribution >= 4 is 0 Å². The van der Waals surface area contributed by atoms with E-state index in [4.69, 9.17) is 0 Å². The highest BCUT2D eigenvalue weighted by molar-refractivity contribution is 5.22. The molecule has 0 fully saturated rings. The molecule has 0 radical (unpaired) electrons. The highest BCUT2D eigenvalue weighted by Gasteiger charge is 2.17. The van der Waals surface area contributed by atoms with Crippen LogP contribution in [-0.2, 0) is 18.9 Å². The molecule has 13 heavy (non-hydrogen) atoms. The van der Waals surface area contributed by atoms with Gasteiger partial charge in [-0.15, -0.1) is 0 Å². The Labute approximate surface area is 81.8 Å². The molecule has 0 saturated carbocycles. The third kappa shape index (κ3) is 2.15. The van der Waals surface area contributed by atoms with Crippen LogP contribution in [0.25, 0.3) is 0 Å². The topological polar surface area (TPSA) is 4.93 Å². The van der Waals surface area contributed by atoms with Gasteiger partial charge in [-0.2, -0.15) is 0 Å². The van der Waals surface area contributed by atoms with E-state index in [1.54, 1.807) is 0 Å². The van der Waals surface area contributed by atoms with Crippen LogP contribution >= 0.6 is 0 Å². The maximum Gasteiger partial charge on any atom is 0.0228 e. The van der Waals surface area contributed by atoms with Crippen LogP contribution in [-0.4, -0.2) is 4.57 Å². The molecule has 0 aromatic carbocycles. The van der Waals surface area contributed by atoms with E-state index < -0.39 is 0 Å². The Balaban J connectivity index is 2.99. The Bertz CT molecular complexity index is 276. The minimum atomic E-state index is 0.265. The molecule has 0 aliphatic heterocycles. The molecule has 1 aromatic heterocycles. The molecule has 0 aliphatic rings. The minimum absolute atomic E-state index is 0.265. The first-order valence-corrected chi connectivity index (χ1v) is 5.12. The zero-order valence-corrected chi connectivity index (χ0v) is 9.52. The summed E-state index contributed by atoms with van der Waals surface area (Å²) in [6.45, 7) is 9.01. The number of nitrogens with zero attached hydrogens (tertiary/aromatic N) is 1. The Hall–Kier alpha value is -0.720. The predicted octanol–water partition coefficient (Wildman–Crippen LogP) is 3.28. The van der Waals surface area contributed by atoms with Gasteiger partial charge in [0, 0.05) is 23.9 Å². The van der Waals surface area contributed by atoms with E-state index in [2.05, 4.69) is 51.4 Å². The van der Waals surface area contributed by atoms with E-state index in [1.807, 2.05) is 0 Å². The first-order chi connectivity index (χ1) is 5.96. The van der Waals surface area contributed by atoms with Crippen LogP contribution in [0, 0.1) is 0 Å². The lowest BCUT2D eigenvalue weighted by Gasteiger charge is -2.20. The van der Waals surface area contributed by atoms with Crippen LogP contribution in [0.3, 0.4) is 0 Å². The summed E-state index contributed by atoms with van der Waals surface area (Å²) in [6, 6.07) is 4.51. The Morgan fingerprint density at radius 3 is 2.23 bits per heavy atom. The number of aromatic nitrogens is 1. The number of rotatable bonds is 2. The second-order valence-electron chi connectivity index (χ2n) is 4.77. The first-order valence-electron chi connectivity index (χ1n) is 5.12. The highest BCUT2D eigenvalue weighted by Crippen LogP contribution is 2.24. The van der Waals surface area contributed by atoms with Crippen LogP contribution in [0.4, 0.5) is 0 Å². The van der Waals surface area contributed by atoms with Crippen molar-refractivity contribution < 1.29 is 0 Å². The van der Waals surface area contributed by atoms with Gasteiger partial charge in [0.15, 0.2) is 0 Å². The van der Waals surface area contributed by atoms with Crippen LogP contribution < -0.4 is 0 Å². The summed E-state index contributed by atoms with van der Waals surface area (Å²) in [6.07, 6.45) is 2.41. The summed E-state index contributed by atoms with van der Waals surface area (Å²) in [5, 5.41) is 0. The summed E-state index contributed by atoms with van der Waals surface area (Å²) < 4.78 is 2.34. The normalized spacial score (nSPS) is 12.1. The molecule has 0 spiro atoms. The largest absolute Gasteiger partial charge is 0.351 e. The molecule has 74 valence electrons. The van der Waals surface area contributed by atoms with Crippen molar-refractivity contribution in [3.8, 4) is 0 Å². The van der Waals surface area contributed by atoms with Crippen LogP contribution in [0.15, 0.2) is 12.1 Å². The molecule has 0 aliphatic carbocycles. The van der Waals surface area contributed by atoms with Crippen molar-refractivity contribution in [3.05, 3.63) is 23.5 Å². The third-order valence-electron chi connectivity index (χ3n) is 2.50. The van der Waals surface area contributed by atoms with Gasteiger partial charge >= 0.3 is 0 Å². The fourth-order valence-corrected chi connectivity index (χ4v) is 1.81. The molecule has 0 atom stereocenters. The molecule has 0 amide bonds. The van der Waals surface area contributed by atoms with Crippen molar-refractivity contribution in [3.63, 3.8) is 0 Å². The average Bonchev–Trinajstić information content (AvgIpc) is 2.32. The fraction of sp³-hybridized carbons (Fsp3) is 0.667. The molecular weight excluding hydrogens is 158 g/mol. The molecule has 1 rings (SSSR count). The molecule has 0 N–H and O–H groups in total. The van der Waals surface area contributed by atoms with Gasteiger partial charge in [0.05, 0.1) is 0 Å². The van der Waals surface area contributed by atoms with E-state index >= 15 is 0 Å². The van der Waals surface area contributed by atoms with E-state index in [0.717, 1.165) is 0 Å². The fourth-order valence-electron chi connectivity index (χ4n) is 1.81. The smallest absolute Gasteiger partial charge is 0.0228 e. The van der Waals surface area contributed by atoms with Gasteiger partial charge in [-0.05, 0) is 18.6 Å². The van der Waals surface area contributed by atoms with Gasteiger partial charge in [-0.3, -0.25) is 0 Å². The SMILES string of the molecule is CCCc1ccc(C(C)(C)C)n1C. The van der Waals surface area contributed by atoms with Gasteiger partial charge in [0.1, 0.15) is 0 Å². The first kappa shape index (κ1) is 10.4. The lowest BCUT2D eigenvalue weighted by Crippen LogP contribution is -2.16. The summed E-state index contributed by atoms with van der Waals surface area (Å²) in [4.78, 5) is 0. The maximum absolute atomic E-state index is 2.34. The maximum atomic E-state index is 2.34. The monoisotopic (exact) mass is 179 g/mol. The Morgan fingerprint density at radius 2 is 1.85 bits per heavy atom. The molecular formula is C12H21N. The van der Waals surface area contributed by atoms with Crippen LogP contribution in [0.1, 0.15) is 45.5 Å². The molecule has 1 heteroatoms. The molecule has 0 unspecified atom stereocenters. The number of hydrogen-bond acceptors (Lipinski definition) is 0. The van der Waals surface area contributed by atoms with E-state index in [0.29, 0.717) is 0 Å². The zero-order chi connectivity index (χ0) is 10.1. The highest BCUT2D eigenvalue weighted by atomic mass is 15.0. The summed E-state index contributed by atoms with van der Waals surface area (Å²) in [5.41, 5.74) is 3.14. The van der Waals surface area contributed by atoms with E-state index in [1.165, 1.54) is 24.2 Å². The zero-order valence-electron chi connectivity index (χ0n) is 9.52. The lowest BCUT2D eigenvalue weighted by molar-refractivity contribution is 0.536. The quantitative estimate of drug-likeness (QED) is 0.656. The van der Waals surface area contributed by atoms with Gasteiger partial charge in [0.25, 0.3) is 0 Å². The van der Waals surface area contributed by atoms with Gasteiger partial charge in [-0.25, -0.2) is 0 Å². The second-order valence-corrected chi connectivity index (χ2v) is 4.77. The third-order valence-corrected chi connectivity index (χ3v) is 2.50. The van der Waals surface area contributed by atoms with Crippen molar-refractivity contribution in [2.45, 2.75) is 46.0 Å². The molecule has 1 heterocycles. The summed E-state index contributed by atoms with van der Waals surface area (Å²) in [7, 11) is 2.17. The standard InChI is InChI=1S/C12H21N/c1-6-7-10-8-9-11(13(10)5)12(2,3)4/h8-9H,6-7H2,1-5H3. The summed E-state index contributed by atoms with van der Waals surface area (Å²) >= 11 is 0. The van der Waals surface area contributed by atoms with Crippen molar-refractivity contribution in [2.75, 3.05) is 0 Å². The van der Waals surface area contributed by atoms with Gasteiger partial charge < -0.3 is 4.57 Å². The van der Waals surface area contributed by atoms with Crippen molar-refractivity contribution in [1.82, 2.24) is 4.57 Å². The van der Waals surface area contributed by atoms with Crippen molar-refractivity contribution in [1.29, 1.82) is 0 Å². The number of aryl methyl sites for hydroxylation is 1. The molecule has 1 nitrogen and oxygen atoms in total. The van der Waals surface area contributed by atoms with Gasteiger partial charge in [0.2, 0.25) is 0 Å². The van der Waals surface area contributed by atoms with E-state index in [-0.39, 0.29) is 5.41 Å². The van der Waals surface area contributed by atoms with E-state index in [9.17, 15) is 0 Å². The Kier molecular flexibility index (Phi) is 2.84. The molecule has 1 aromatic rings. The average molecular weight is 179 g/mol. The van der Waals surface area contributed by atoms with Gasteiger partial charge in [-0.1, -0.05) is 34.1 Å². The lowest BCUT2D eigenvalue weighted by atomic mass is 9.92. The van der Waals surface area contributed by atoms with Crippen LogP contribution in [0.2, 0.25) is 0 Å². The molecule has 0 bridgehead atoms. The Morgan fingerprint density at radius 1 is 1.23 bits per heavy atom. The molecule has 0 saturated heterocycles. The second kappa shape index (κ2) is 3.57.